The van der Waals surface area contributed by atoms with E-state index in [1.54, 1.807) is 26.6 Å². The van der Waals surface area contributed by atoms with E-state index in [-0.39, 0.29) is 18.2 Å². The van der Waals surface area contributed by atoms with E-state index in [2.05, 4.69) is 10.3 Å². The lowest BCUT2D eigenvalue weighted by molar-refractivity contribution is -0.134. The Hall–Kier alpha value is -2.26. The summed E-state index contributed by atoms with van der Waals surface area (Å²) >= 11 is 2.76. The van der Waals surface area contributed by atoms with E-state index in [0.717, 1.165) is 6.41 Å². The number of rotatable bonds is 5. The first kappa shape index (κ1) is 16.6. The topological polar surface area (TPSA) is 82.6 Å². The fourth-order valence-electron chi connectivity index (χ4n) is 2.35. The molecule has 2 aromatic heterocycles. The Morgan fingerprint density at radius 2 is 2.04 bits per heavy atom. The quantitative estimate of drug-likeness (QED) is 0.811. The number of nitrogens with one attached hydrogen (secondary N) is 1. The van der Waals surface area contributed by atoms with Gasteiger partial charge in [0.15, 0.2) is 5.13 Å². The number of hydrogen-bond donors (Lipinski definition) is 1. The van der Waals surface area contributed by atoms with Crippen molar-refractivity contribution in [1.29, 1.82) is 0 Å². The van der Waals surface area contributed by atoms with Crippen molar-refractivity contribution in [3.8, 4) is 0 Å². The van der Waals surface area contributed by atoms with Gasteiger partial charge in [-0.25, -0.2) is 4.98 Å². The fraction of sp³-hybridized carbons (Fsp3) is 0.333. The zero-order chi connectivity index (χ0) is 16.9. The number of thiazole rings is 1. The van der Waals surface area contributed by atoms with Gasteiger partial charge in [-0.3, -0.25) is 19.7 Å². The molecule has 0 aromatic carbocycles. The van der Waals surface area contributed by atoms with Crippen LogP contribution in [0.5, 0.6) is 0 Å². The lowest BCUT2D eigenvalue weighted by atomic mass is 10.2. The number of carbonyl (C=O) groups is 3. The molecule has 1 aliphatic heterocycles. The van der Waals surface area contributed by atoms with E-state index in [4.69, 9.17) is 0 Å². The summed E-state index contributed by atoms with van der Waals surface area (Å²) in [5.74, 6) is -0.213. The summed E-state index contributed by atoms with van der Waals surface area (Å²) in [6.45, 7) is 2.22. The maximum atomic E-state index is 12.3. The molecule has 0 aliphatic carbocycles. The van der Waals surface area contributed by atoms with Crippen molar-refractivity contribution in [2.75, 3.05) is 31.5 Å². The molecule has 9 heteroatoms. The summed E-state index contributed by atoms with van der Waals surface area (Å²) in [5, 5.41) is 8.61. The number of anilines is 1. The third kappa shape index (κ3) is 3.98. The number of piperazine rings is 1. The monoisotopic (exact) mass is 364 g/mol. The van der Waals surface area contributed by atoms with E-state index >= 15 is 0 Å². The van der Waals surface area contributed by atoms with Crippen LogP contribution >= 0.6 is 22.7 Å². The van der Waals surface area contributed by atoms with Crippen LogP contribution in [0.4, 0.5) is 5.13 Å². The molecule has 0 bridgehead atoms. The van der Waals surface area contributed by atoms with Crippen molar-refractivity contribution in [2.45, 2.75) is 6.42 Å². The smallest absolute Gasteiger partial charge is 0.258 e. The standard InChI is InChI=1S/C15H16N4O3S2/c20-10-18-2-4-19(5-3-18)13(21)7-12-9-24-15(16-12)17-14(22)11-1-6-23-8-11/h1,6,8-10H,2-5,7H2,(H,16,17,22). The predicted octanol–water partition coefficient (Wildman–Crippen LogP) is 1.30. The highest BCUT2D eigenvalue weighted by atomic mass is 32.1. The second-order valence-electron chi connectivity index (χ2n) is 5.31. The Kier molecular flexibility index (Phi) is 5.21. The van der Waals surface area contributed by atoms with Crippen molar-refractivity contribution >= 4 is 46.0 Å². The van der Waals surface area contributed by atoms with Crippen LogP contribution in [0.2, 0.25) is 0 Å². The molecule has 2 aromatic rings. The number of aromatic nitrogens is 1. The van der Waals surface area contributed by atoms with Crippen LogP contribution in [0.25, 0.3) is 0 Å². The molecule has 0 radical (unpaired) electrons. The average molecular weight is 364 g/mol. The summed E-state index contributed by atoms with van der Waals surface area (Å²) in [6, 6.07) is 1.75. The summed E-state index contributed by atoms with van der Waals surface area (Å²) in [6.07, 6.45) is 1.01. The number of nitrogens with zero attached hydrogens (tertiary/aromatic N) is 3. The van der Waals surface area contributed by atoms with Gasteiger partial charge in [0.25, 0.3) is 5.91 Å². The Bertz CT molecular complexity index is 721. The Morgan fingerprint density at radius 3 is 2.71 bits per heavy atom. The van der Waals surface area contributed by atoms with Gasteiger partial charge in [0.1, 0.15) is 0 Å². The molecule has 1 saturated heterocycles. The molecule has 0 spiro atoms. The van der Waals surface area contributed by atoms with E-state index in [1.165, 1.54) is 22.7 Å². The van der Waals surface area contributed by atoms with E-state index in [1.807, 2.05) is 5.38 Å². The van der Waals surface area contributed by atoms with Crippen LogP contribution in [-0.4, -0.2) is 59.2 Å². The van der Waals surface area contributed by atoms with Gasteiger partial charge < -0.3 is 9.80 Å². The largest absolute Gasteiger partial charge is 0.342 e. The molecule has 3 heterocycles. The maximum absolute atomic E-state index is 12.3. The van der Waals surface area contributed by atoms with Crippen molar-refractivity contribution in [3.63, 3.8) is 0 Å². The summed E-state index contributed by atoms with van der Waals surface area (Å²) in [4.78, 5) is 42.6. The van der Waals surface area contributed by atoms with Gasteiger partial charge in [-0.1, -0.05) is 0 Å². The first-order chi connectivity index (χ1) is 11.7. The van der Waals surface area contributed by atoms with Gasteiger partial charge in [-0.15, -0.1) is 11.3 Å². The highest BCUT2D eigenvalue weighted by Crippen LogP contribution is 2.18. The molecule has 1 N–H and O–H groups in total. The molecule has 3 rings (SSSR count). The van der Waals surface area contributed by atoms with Crippen molar-refractivity contribution in [3.05, 3.63) is 33.5 Å². The molecule has 7 nitrogen and oxygen atoms in total. The molecule has 3 amide bonds. The zero-order valence-corrected chi connectivity index (χ0v) is 14.4. The molecule has 1 aliphatic rings. The molecular formula is C15H16N4O3S2. The molecule has 1 fully saturated rings. The van der Waals surface area contributed by atoms with Crippen LogP contribution in [0.15, 0.2) is 22.2 Å². The first-order valence-corrected chi connectivity index (χ1v) is 9.23. The molecule has 0 unspecified atom stereocenters. The van der Waals surface area contributed by atoms with Crippen LogP contribution in [0, 0.1) is 0 Å². The van der Waals surface area contributed by atoms with Crippen molar-refractivity contribution in [1.82, 2.24) is 14.8 Å². The molecule has 0 atom stereocenters. The number of hydrogen-bond acceptors (Lipinski definition) is 6. The summed E-state index contributed by atoms with van der Waals surface area (Å²) in [5.41, 5.74) is 1.24. The second kappa shape index (κ2) is 7.54. The molecule has 0 saturated carbocycles. The highest BCUT2D eigenvalue weighted by Gasteiger charge is 2.21. The van der Waals surface area contributed by atoms with Crippen LogP contribution < -0.4 is 5.32 Å². The van der Waals surface area contributed by atoms with Crippen LogP contribution in [-0.2, 0) is 16.0 Å². The number of carbonyl (C=O) groups excluding carboxylic acids is 3. The fourth-order valence-corrected chi connectivity index (χ4v) is 3.69. The lowest BCUT2D eigenvalue weighted by Gasteiger charge is -2.32. The Morgan fingerprint density at radius 1 is 1.25 bits per heavy atom. The molecule has 126 valence electrons. The van der Waals surface area contributed by atoms with Gasteiger partial charge in [-0.05, 0) is 11.4 Å². The minimum Gasteiger partial charge on any atom is -0.342 e. The molecule has 24 heavy (non-hydrogen) atoms. The average Bonchev–Trinajstić information content (AvgIpc) is 3.27. The van der Waals surface area contributed by atoms with Crippen LogP contribution in [0.1, 0.15) is 16.1 Å². The second-order valence-corrected chi connectivity index (χ2v) is 6.95. The Labute approximate surface area is 146 Å². The van der Waals surface area contributed by atoms with Gasteiger partial charge in [0, 0.05) is 36.9 Å². The minimum atomic E-state index is -0.200. The van der Waals surface area contributed by atoms with E-state index < -0.39 is 0 Å². The van der Waals surface area contributed by atoms with Crippen LogP contribution in [0.3, 0.4) is 0 Å². The third-order valence-electron chi connectivity index (χ3n) is 3.70. The summed E-state index contributed by atoms with van der Waals surface area (Å²) in [7, 11) is 0. The number of thiophene rings is 1. The van der Waals surface area contributed by atoms with Gasteiger partial charge >= 0.3 is 0 Å². The zero-order valence-electron chi connectivity index (χ0n) is 12.8. The first-order valence-electron chi connectivity index (χ1n) is 7.41. The summed E-state index contributed by atoms with van der Waals surface area (Å²) < 4.78 is 0. The van der Waals surface area contributed by atoms with Crippen molar-refractivity contribution < 1.29 is 14.4 Å². The third-order valence-corrected chi connectivity index (χ3v) is 5.19. The lowest BCUT2D eigenvalue weighted by Crippen LogP contribution is -2.48. The van der Waals surface area contributed by atoms with Gasteiger partial charge in [0.05, 0.1) is 17.7 Å². The van der Waals surface area contributed by atoms with E-state index in [0.29, 0.717) is 42.6 Å². The van der Waals surface area contributed by atoms with E-state index in [9.17, 15) is 14.4 Å². The van der Waals surface area contributed by atoms with Crippen molar-refractivity contribution in [2.24, 2.45) is 0 Å². The molecular weight excluding hydrogens is 348 g/mol. The Balaban J connectivity index is 1.53. The SMILES string of the molecule is O=CN1CCN(C(=O)Cc2csc(NC(=O)c3ccsc3)n2)CC1. The highest BCUT2D eigenvalue weighted by molar-refractivity contribution is 7.14. The normalized spacial score (nSPS) is 14.5. The predicted molar refractivity (Wildman–Crippen MR) is 92.3 cm³/mol. The maximum Gasteiger partial charge on any atom is 0.258 e. The number of amides is 3. The van der Waals surface area contributed by atoms with Gasteiger partial charge in [0.2, 0.25) is 12.3 Å². The minimum absolute atomic E-state index is 0.0124. The van der Waals surface area contributed by atoms with Gasteiger partial charge in [-0.2, -0.15) is 11.3 Å².